The Balaban J connectivity index is 1.77. The lowest BCUT2D eigenvalue weighted by Gasteiger charge is -2.16. The zero-order valence-corrected chi connectivity index (χ0v) is 17.5. The van der Waals surface area contributed by atoms with Crippen molar-refractivity contribution in [3.8, 4) is 0 Å². The van der Waals surface area contributed by atoms with Crippen LogP contribution in [-0.4, -0.2) is 34.5 Å². The smallest absolute Gasteiger partial charge is 0.328 e. The number of benzene rings is 1. The molecule has 2 aromatic heterocycles. The molecule has 3 unspecified atom stereocenters. The number of nitrogens with two attached hydrogens (primary N) is 1. The van der Waals surface area contributed by atoms with Crippen molar-refractivity contribution < 1.29 is 18.7 Å². The molecule has 4 N–H and O–H groups in total. The maximum atomic E-state index is 12.7. The van der Waals surface area contributed by atoms with Gasteiger partial charge in [0, 0.05) is 23.5 Å². The molecule has 2 heterocycles. The number of oxazole rings is 1. The molecular weight excluding hydrogens is 384 g/mol. The molecule has 8 heteroatoms. The van der Waals surface area contributed by atoms with Crippen LogP contribution in [0.2, 0.25) is 0 Å². The van der Waals surface area contributed by atoms with E-state index in [-0.39, 0.29) is 24.6 Å². The van der Waals surface area contributed by atoms with Gasteiger partial charge in [-0.1, -0.05) is 38.5 Å². The van der Waals surface area contributed by atoms with E-state index in [1.807, 2.05) is 44.3 Å². The summed E-state index contributed by atoms with van der Waals surface area (Å²) in [5.74, 6) is -0.553. The molecule has 1 aromatic carbocycles. The fraction of sp³-hybridized carbons (Fsp3) is 0.409. The van der Waals surface area contributed by atoms with E-state index in [0.29, 0.717) is 5.89 Å². The summed E-state index contributed by atoms with van der Waals surface area (Å²) in [5, 5.41) is 3.72. The maximum absolute atomic E-state index is 12.7. The van der Waals surface area contributed by atoms with Gasteiger partial charge in [0.25, 0.3) is 5.91 Å². The molecule has 0 radical (unpaired) electrons. The van der Waals surface area contributed by atoms with Crippen molar-refractivity contribution in [3.63, 3.8) is 0 Å². The van der Waals surface area contributed by atoms with Crippen LogP contribution < -0.4 is 11.1 Å². The maximum Gasteiger partial charge on any atom is 0.328 e. The number of nitrogens with zero attached hydrogens (tertiary/aromatic N) is 1. The van der Waals surface area contributed by atoms with E-state index in [0.717, 1.165) is 22.9 Å². The number of carbonyl (C=O) groups is 2. The van der Waals surface area contributed by atoms with Gasteiger partial charge in [0.1, 0.15) is 12.3 Å². The Bertz CT molecular complexity index is 1010. The number of fused-ring (bicyclic) bond motifs is 1. The molecule has 3 aromatic rings. The van der Waals surface area contributed by atoms with Crippen molar-refractivity contribution in [2.45, 2.75) is 45.7 Å². The standard InChI is InChI=1S/C22H28N4O4/c1-4-13(3)19(23)21-26-18(12-30-21)20(27)25-17(22(28)29-5-2)10-14-11-24-16-9-7-6-8-15(14)16/h6-9,11-13,17,19,24H,4-5,10,23H2,1-3H3,(H,25,27). The highest BCUT2D eigenvalue weighted by Crippen LogP contribution is 2.22. The summed E-state index contributed by atoms with van der Waals surface area (Å²) in [4.78, 5) is 32.6. The van der Waals surface area contributed by atoms with Crippen LogP contribution in [-0.2, 0) is 16.0 Å². The highest BCUT2D eigenvalue weighted by Gasteiger charge is 2.27. The predicted molar refractivity (Wildman–Crippen MR) is 113 cm³/mol. The number of esters is 1. The van der Waals surface area contributed by atoms with Crippen LogP contribution in [0.1, 0.15) is 55.2 Å². The Hall–Kier alpha value is -3.13. The van der Waals surface area contributed by atoms with E-state index >= 15 is 0 Å². The van der Waals surface area contributed by atoms with Crippen LogP contribution in [0, 0.1) is 5.92 Å². The van der Waals surface area contributed by atoms with E-state index in [4.69, 9.17) is 14.9 Å². The Labute approximate surface area is 175 Å². The van der Waals surface area contributed by atoms with Gasteiger partial charge >= 0.3 is 5.97 Å². The average Bonchev–Trinajstić information content (AvgIpc) is 3.40. The number of amides is 1. The molecule has 30 heavy (non-hydrogen) atoms. The number of para-hydroxylation sites is 1. The Kier molecular flexibility index (Phi) is 6.89. The molecule has 160 valence electrons. The summed E-state index contributed by atoms with van der Waals surface area (Å²) in [5.41, 5.74) is 8.08. The van der Waals surface area contributed by atoms with Crippen LogP contribution in [0.5, 0.6) is 0 Å². The van der Waals surface area contributed by atoms with Crippen LogP contribution in [0.15, 0.2) is 41.1 Å². The van der Waals surface area contributed by atoms with Gasteiger partial charge in [-0.2, -0.15) is 0 Å². The number of aromatic amines is 1. The average molecular weight is 412 g/mol. The first-order chi connectivity index (χ1) is 14.4. The minimum atomic E-state index is -0.861. The summed E-state index contributed by atoms with van der Waals surface area (Å²) in [6.45, 7) is 5.96. The molecule has 1 amide bonds. The van der Waals surface area contributed by atoms with E-state index < -0.39 is 24.0 Å². The molecule has 0 fully saturated rings. The minimum Gasteiger partial charge on any atom is -0.464 e. The van der Waals surface area contributed by atoms with Gasteiger partial charge in [0.2, 0.25) is 5.89 Å². The van der Waals surface area contributed by atoms with Gasteiger partial charge in [-0.05, 0) is 24.5 Å². The SMILES string of the molecule is CCOC(=O)C(Cc1c[nH]c2ccccc12)NC(=O)c1coc(C(N)C(C)CC)n1. The van der Waals surface area contributed by atoms with Crippen molar-refractivity contribution in [2.75, 3.05) is 6.61 Å². The fourth-order valence-electron chi connectivity index (χ4n) is 3.23. The first-order valence-electron chi connectivity index (χ1n) is 10.2. The van der Waals surface area contributed by atoms with Crippen molar-refractivity contribution in [1.29, 1.82) is 0 Å². The monoisotopic (exact) mass is 412 g/mol. The normalized spacial score (nSPS) is 14.3. The van der Waals surface area contributed by atoms with E-state index in [1.165, 1.54) is 6.26 Å². The molecule has 3 atom stereocenters. The van der Waals surface area contributed by atoms with Gasteiger partial charge in [-0.3, -0.25) is 4.79 Å². The molecule has 0 spiro atoms. The van der Waals surface area contributed by atoms with Crippen LogP contribution in [0.25, 0.3) is 10.9 Å². The number of hydrogen-bond donors (Lipinski definition) is 3. The number of ether oxygens (including phenoxy) is 1. The van der Waals surface area contributed by atoms with Gasteiger partial charge < -0.3 is 25.2 Å². The second kappa shape index (κ2) is 9.58. The summed E-state index contributed by atoms with van der Waals surface area (Å²) in [6.07, 6.45) is 4.25. The van der Waals surface area contributed by atoms with Crippen molar-refractivity contribution in [3.05, 3.63) is 53.9 Å². The summed E-state index contributed by atoms with van der Waals surface area (Å²) in [7, 11) is 0. The molecule has 0 bridgehead atoms. The van der Waals surface area contributed by atoms with E-state index in [9.17, 15) is 9.59 Å². The second-order valence-corrected chi connectivity index (χ2v) is 7.32. The number of hydrogen-bond acceptors (Lipinski definition) is 6. The fourth-order valence-corrected chi connectivity index (χ4v) is 3.23. The lowest BCUT2D eigenvalue weighted by molar-refractivity contribution is -0.145. The zero-order chi connectivity index (χ0) is 21.7. The highest BCUT2D eigenvalue weighted by atomic mass is 16.5. The molecule has 0 aliphatic carbocycles. The zero-order valence-electron chi connectivity index (χ0n) is 17.5. The van der Waals surface area contributed by atoms with Gasteiger partial charge in [0.05, 0.1) is 12.6 Å². The van der Waals surface area contributed by atoms with E-state index in [2.05, 4.69) is 15.3 Å². The second-order valence-electron chi connectivity index (χ2n) is 7.32. The molecule has 0 aliphatic heterocycles. The third kappa shape index (κ3) is 4.71. The molecule has 8 nitrogen and oxygen atoms in total. The first kappa shape index (κ1) is 21.6. The first-order valence-corrected chi connectivity index (χ1v) is 10.2. The van der Waals surface area contributed by atoms with Gasteiger partial charge in [0.15, 0.2) is 5.69 Å². The molecular formula is C22H28N4O4. The van der Waals surface area contributed by atoms with E-state index in [1.54, 1.807) is 6.92 Å². The Morgan fingerprint density at radius 2 is 2.07 bits per heavy atom. The molecule has 0 saturated carbocycles. The molecule has 0 saturated heterocycles. The van der Waals surface area contributed by atoms with Crippen molar-refractivity contribution in [2.24, 2.45) is 11.7 Å². The predicted octanol–water partition coefficient (Wildman–Crippen LogP) is 3.11. The van der Waals surface area contributed by atoms with Gasteiger partial charge in [-0.15, -0.1) is 0 Å². The minimum absolute atomic E-state index is 0.0805. The number of nitrogens with one attached hydrogen (secondary N) is 2. The van der Waals surface area contributed by atoms with Gasteiger partial charge in [-0.25, -0.2) is 9.78 Å². The Morgan fingerprint density at radius 1 is 1.30 bits per heavy atom. The van der Waals surface area contributed by atoms with Crippen LogP contribution >= 0.6 is 0 Å². The Morgan fingerprint density at radius 3 is 2.80 bits per heavy atom. The number of rotatable bonds is 9. The highest BCUT2D eigenvalue weighted by molar-refractivity contribution is 5.95. The van der Waals surface area contributed by atoms with Crippen molar-refractivity contribution >= 4 is 22.8 Å². The quantitative estimate of drug-likeness (QED) is 0.464. The summed E-state index contributed by atoms with van der Waals surface area (Å²) in [6, 6.07) is 6.51. The van der Waals surface area contributed by atoms with Crippen LogP contribution in [0.3, 0.4) is 0 Å². The van der Waals surface area contributed by atoms with Crippen molar-refractivity contribution in [1.82, 2.24) is 15.3 Å². The topological polar surface area (TPSA) is 123 Å². The number of aromatic nitrogens is 2. The third-order valence-electron chi connectivity index (χ3n) is 5.27. The largest absolute Gasteiger partial charge is 0.464 e. The lowest BCUT2D eigenvalue weighted by Crippen LogP contribution is -2.43. The lowest BCUT2D eigenvalue weighted by atomic mass is 10.0. The molecule has 0 aliphatic rings. The molecule has 3 rings (SSSR count). The third-order valence-corrected chi connectivity index (χ3v) is 5.27. The number of H-pyrrole nitrogens is 1. The van der Waals surface area contributed by atoms with Crippen LogP contribution in [0.4, 0.5) is 0 Å². The number of carbonyl (C=O) groups excluding carboxylic acids is 2. The summed E-state index contributed by atoms with van der Waals surface area (Å²) >= 11 is 0. The summed E-state index contributed by atoms with van der Waals surface area (Å²) < 4.78 is 10.6.